The summed E-state index contributed by atoms with van der Waals surface area (Å²) in [5.41, 5.74) is 0.832. The summed E-state index contributed by atoms with van der Waals surface area (Å²) < 4.78 is 41.0. The van der Waals surface area contributed by atoms with E-state index in [1.165, 1.54) is 25.0 Å². The molecule has 1 aromatic carbocycles. The molecule has 1 amide bonds. The first-order valence-corrected chi connectivity index (χ1v) is 8.68. The number of benzene rings is 1. The lowest BCUT2D eigenvalue weighted by Gasteiger charge is -2.28. The maximum Gasteiger partial charge on any atom is 0.422 e. The Morgan fingerprint density at radius 3 is 2.35 bits per heavy atom. The fraction of sp³-hybridized carbons (Fsp3) is 0.611. The van der Waals surface area contributed by atoms with Crippen molar-refractivity contribution in [3.05, 3.63) is 29.8 Å². The zero-order valence-corrected chi connectivity index (χ0v) is 15.2. The molecule has 8 heteroatoms. The molecule has 2 saturated heterocycles. The Morgan fingerprint density at radius 1 is 1.15 bits per heavy atom. The van der Waals surface area contributed by atoms with Gasteiger partial charge in [0.2, 0.25) is 5.91 Å². The number of ether oxygens (including phenoxy) is 1. The third kappa shape index (κ3) is 6.36. The highest BCUT2D eigenvalue weighted by molar-refractivity contribution is 5.85. The molecule has 0 radical (unpaired) electrons. The zero-order valence-electron chi connectivity index (χ0n) is 14.3. The Morgan fingerprint density at radius 2 is 1.77 bits per heavy atom. The van der Waals surface area contributed by atoms with Gasteiger partial charge in [-0.2, -0.15) is 13.2 Å². The summed E-state index contributed by atoms with van der Waals surface area (Å²) >= 11 is 0. The van der Waals surface area contributed by atoms with Crippen LogP contribution in [0.25, 0.3) is 0 Å². The predicted molar refractivity (Wildman–Crippen MR) is 94.4 cm³/mol. The van der Waals surface area contributed by atoms with Crippen LogP contribution >= 0.6 is 12.4 Å². The minimum atomic E-state index is -4.35. The molecule has 3 rings (SSSR count). The Labute approximate surface area is 157 Å². The summed E-state index contributed by atoms with van der Waals surface area (Å²) in [5, 5.41) is 6.45. The lowest BCUT2D eigenvalue weighted by molar-refractivity contribution is -0.153. The number of hydrogen-bond acceptors (Lipinski definition) is 3. The van der Waals surface area contributed by atoms with Gasteiger partial charge in [0.25, 0.3) is 0 Å². The first-order valence-electron chi connectivity index (χ1n) is 8.68. The fourth-order valence-corrected chi connectivity index (χ4v) is 3.75. The van der Waals surface area contributed by atoms with Gasteiger partial charge in [-0.05, 0) is 49.3 Å². The topological polar surface area (TPSA) is 50.4 Å². The van der Waals surface area contributed by atoms with Crippen LogP contribution in [0.15, 0.2) is 24.3 Å². The van der Waals surface area contributed by atoms with Crippen molar-refractivity contribution >= 4 is 18.3 Å². The second-order valence-electron chi connectivity index (χ2n) is 7.00. The van der Waals surface area contributed by atoms with Crippen molar-refractivity contribution in [2.75, 3.05) is 6.61 Å². The molecule has 1 aromatic rings. The van der Waals surface area contributed by atoms with Gasteiger partial charge in [-0.15, -0.1) is 12.4 Å². The molecule has 2 unspecified atom stereocenters. The van der Waals surface area contributed by atoms with E-state index in [4.69, 9.17) is 0 Å². The van der Waals surface area contributed by atoms with E-state index < -0.39 is 12.8 Å². The summed E-state index contributed by atoms with van der Waals surface area (Å²) in [5.74, 6) is 0.637. The number of nitrogens with one attached hydrogen (secondary N) is 2. The van der Waals surface area contributed by atoms with Crippen molar-refractivity contribution in [1.82, 2.24) is 10.6 Å². The van der Waals surface area contributed by atoms with Gasteiger partial charge in [0, 0.05) is 25.0 Å². The largest absolute Gasteiger partial charge is 0.484 e. The van der Waals surface area contributed by atoms with Crippen LogP contribution in [0.4, 0.5) is 13.2 Å². The van der Waals surface area contributed by atoms with Crippen LogP contribution in [0, 0.1) is 5.92 Å². The zero-order chi connectivity index (χ0) is 17.9. The predicted octanol–water partition coefficient (Wildman–Crippen LogP) is 3.59. The van der Waals surface area contributed by atoms with Crippen LogP contribution in [-0.4, -0.2) is 30.8 Å². The van der Waals surface area contributed by atoms with Gasteiger partial charge in [-0.3, -0.25) is 4.79 Å². The molecule has 2 N–H and O–H groups in total. The van der Waals surface area contributed by atoms with Crippen molar-refractivity contribution in [1.29, 1.82) is 0 Å². The fourth-order valence-electron chi connectivity index (χ4n) is 3.75. The lowest BCUT2D eigenvalue weighted by atomic mass is 9.89. The van der Waals surface area contributed by atoms with Crippen molar-refractivity contribution in [2.24, 2.45) is 5.92 Å². The van der Waals surface area contributed by atoms with E-state index in [9.17, 15) is 18.0 Å². The van der Waals surface area contributed by atoms with E-state index in [-0.39, 0.29) is 24.1 Å². The van der Waals surface area contributed by atoms with Gasteiger partial charge in [-0.25, -0.2) is 0 Å². The van der Waals surface area contributed by atoms with Crippen LogP contribution in [0.2, 0.25) is 0 Å². The van der Waals surface area contributed by atoms with Crippen molar-refractivity contribution in [3.63, 3.8) is 0 Å². The van der Waals surface area contributed by atoms with Crippen LogP contribution in [0.3, 0.4) is 0 Å². The number of amides is 1. The van der Waals surface area contributed by atoms with Crippen molar-refractivity contribution in [3.8, 4) is 5.75 Å². The third-order valence-corrected chi connectivity index (χ3v) is 4.86. The number of rotatable bonds is 6. The number of piperidine rings is 1. The number of carbonyl (C=O) groups excluding carboxylic acids is 1. The maximum absolute atomic E-state index is 12.1. The monoisotopic (exact) mass is 392 g/mol. The molecular weight excluding hydrogens is 369 g/mol. The number of alkyl halides is 3. The van der Waals surface area contributed by atoms with E-state index >= 15 is 0 Å². The molecule has 2 bridgehead atoms. The Bertz CT molecular complexity index is 583. The number of halogens is 4. The average Bonchev–Trinajstić information content (AvgIpc) is 2.90. The summed E-state index contributed by atoms with van der Waals surface area (Å²) in [6, 6.07) is 7.43. The molecule has 146 valence electrons. The molecular formula is C18H24ClF3N2O2. The van der Waals surface area contributed by atoms with Gasteiger partial charge in [0.05, 0.1) is 0 Å². The highest BCUT2D eigenvalue weighted by atomic mass is 35.5. The second kappa shape index (κ2) is 8.95. The van der Waals surface area contributed by atoms with E-state index in [1.54, 1.807) is 12.1 Å². The Balaban J connectivity index is 0.00000243. The van der Waals surface area contributed by atoms with Crippen LogP contribution in [-0.2, 0) is 11.3 Å². The molecule has 0 aromatic heterocycles. The summed E-state index contributed by atoms with van der Waals surface area (Å²) in [4.78, 5) is 12.1. The summed E-state index contributed by atoms with van der Waals surface area (Å²) in [7, 11) is 0. The van der Waals surface area contributed by atoms with Crippen molar-refractivity contribution in [2.45, 2.75) is 56.9 Å². The molecule has 2 atom stereocenters. The highest BCUT2D eigenvalue weighted by Crippen LogP contribution is 2.32. The van der Waals surface area contributed by atoms with Crippen LogP contribution < -0.4 is 15.4 Å². The molecule has 0 saturated carbocycles. The van der Waals surface area contributed by atoms with E-state index in [0.717, 1.165) is 18.4 Å². The molecule has 26 heavy (non-hydrogen) atoms. The van der Waals surface area contributed by atoms with Gasteiger partial charge in [-0.1, -0.05) is 12.1 Å². The van der Waals surface area contributed by atoms with Gasteiger partial charge in [0.15, 0.2) is 6.61 Å². The van der Waals surface area contributed by atoms with Gasteiger partial charge >= 0.3 is 6.18 Å². The van der Waals surface area contributed by atoms with E-state index in [2.05, 4.69) is 15.4 Å². The minimum absolute atomic E-state index is 0. The molecule has 2 aliphatic heterocycles. The SMILES string of the molecule is Cl.O=C(CC1CC2CCC(C1)N2)NCc1ccc(OCC(F)(F)F)cc1. The Kier molecular flexibility index (Phi) is 7.17. The minimum Gasteiger partial charge on any atom is -0.484 e. The van der Waals surface area contributed by atoms with Gasteiger partial charge < -0.3 is 15.4 Å². The molecule has 0 aliphatic carbocycles. The second-order valence-corrected chi connectivity index (χ2v) is 7.00. The molecule has 2 aliphatic rings. The first kappa shape index (κ1) is 20.8. The molecule has 2 fully saturated rings. The smallest absolute Gasteiger partial charge is 0.422 e. The van der Waals surface area contributed by atoms with Gasteiger partial charge in [0.1, 0.15) is 5.75 Å². The number of carbonyl (C=O) groups is 1. The third-order valence-electron chi connectivity index (χ3n) is 4.86. The quantitative estimate of drug-likeness (QED) is 0.778. The van der Waals surface area contributed by atoms with Crippen molar-refractivity contribution < 1.29 is 22.7 Å². The average molecular weight is 393 g/mol. The Hall–Kier alpha value is -1.47. The van der Waals surface area contributed by atoms with E-state index in [1.807, 2.05) is 0 Å². The normalized spacial score (nSPS) is 24.7. The number of fused-ring (bicyclic) bond motifs is 2. The maximum atomic E-state index is 12.1. The molecule has 0 spiro atoms. The summed E-state index contributed by atoms with van der Waals surface area (Å²) in [6.07, 6.45) is 0.754. The highest BCUT2D eigenvalue weighted by Gasteiger charge is 2.34. The summed E-state index contributed by atoms with van der Waals surface area (Å²) in [6.45, 7) is -0.933. The number of hydrogen-bond donors (Lipinski definition) is 2. The lowest BCUT2D eigenvalue weighted by Crippen LogP contribution is -2.39. The molecule has 4 nitrogen and oxygen atoms in total. The van der Waals surface area contributed by atoms with Crippen LogP contribution in [0.5, 0.6) is 5.75 Å². The van der Waals surface area contributed by atoms with E-state index in [0.29, 0.717) is 31.0 Å². The van der Waals surface area contributed by atoms with Crippen LogP contribution in [0.1, 0.15) is 37.7 Å². The molecule has 2 heterocycles. The first-order chi connectivity index (χ1) is 11.9. The standard InChI is InChI=1S/C18H23F3N2O2.ClH/c19-18(20,21)11-25-16-5-1-12(2-6-16)10-22-17(24)9-13-7-14-3-4-15(8-13)23-14;/h1-2,5-6,13-15,23H,3-4,7-11H2,(H,22,24);1H.